The van der Waals surface area contributed by atoms with Gasteiger partial charge in [-0.1, -0.05) is 6.07 Å². The maximum atomic E-state index is 13.7. The summed E-state index contributed by atoms with van der Waals surface area (Å²) in [5.41, 5.74) is -0.549. The number of hydrogen-bond acceptors (Lipinski definition) is 6. The van der Waals surface area contributed by atoms with Crippen molar-refractivity contribution in [1.29, 1.82) is 0 Å². The highest BCUT2D eigenvalue weighted by Gasteiger charge is 2.19. The number of nitrogens with zero attached hydrogens (tertiary/aromatic N) is 2. The third-order valence-corrected chi connectivity index (χ3v) is 4.95. The number of rotatable bonds is 7. The molecule has 2 heterocycles. The fourth-order valence-electron chi connectivity index (χ4n) is 2.73. The van der Waals surface area contributed by atoms with E-state index in [1.165, 1.54) is 11.4 Å². The summed E-state index contributed by atoms with van der Waals surface area (Å²) >= 11 is 1.00. The highest BCUT2D eigenvalue weighted by molar-refractivity contribution is 7.14. The Kier molecular flexibility index (Phi) is 7.01. The molecule has 0 bridgehead atoms. The summed E-state index contributed by atoms with van der Waals surface area (Å²) in [6.07, 6.45) is 0.798. The number of carbonyl (C=O) groups excluding carboxylic acids is 2. The summed E-state index contributed by atoms with van der Waals surface area (Å²) in [6, 6.07) is 3.16. The Bertz CT molecular complexity index is 820. The van der Waals surface area contributed by atoms with Crippen molar-refractivity contribution in [2.45, 2.75) is 6.42 Å². The fraction of sp³-hybridized carbons (Fsp3) is 0.389. The van der Waals surface area contributed by atoms with E-state index < -0.39 is 23.1 Å². The number of aromatic nitrogens is 1. The van der Waals surface area contributed by atoms with E-state index in [9.17, 15) is 18.4 Å². The van der Waals surface area contributed by atoms with Crippen LogP contribution in [0.25, 0.3) is 0 Å². The Morgan fingerprint density at radius 3 is 2.61 bits per heavy atom. The quantitative estimate of drug-likeness (QED) is 0.684. The number of nitrogens with one attached hydrogen (secondary N) is 2. The van der Waals surface area contributed by atoms with E-state index in [-0.39, 0.29) is 16.7 Å². The van der Waals surface area contributed by atoms with Crippen LogP contribution in [-0.2, 0) is 4.74 Å². The number of anilines is 1. The Morgan fingerprint density at radius 2 is 1.89 bits per heavy atom. The van der Waals surface area contributed by atoms with Gasteiger partial charge < -0.3 is 10.1 Å². The lowest BCUT2D eigenvalue weighted by Crippen LogP contribution is -2.38. The molecule has 3 rings (SSSR count). The number of halogens is 2. The maximum Gasteiger partial charge on any atom is 0.270 e. The van der Waals surface area contributed by atoms with Crippen LogP contribution in [0.15, 0.2) is 23.6 Å². The van der Waals surface area contributed by atoms with Gasteiger partial charge in [-0.2, -0.15) is 0 Å². The Labute approximate surface area is 164 Å². The van der Waals surface area contributed by atoms with Gasteiger partial charge in [-0.25, -0.2) is 13.8 Å². The molecular formula is C18H20F2N4O3S. The van der Waals surface area contributed by atoms with E-state index in [0.717, 1.165) is 62.7 Å². The normalized spacial score (nSPS) is 14.6. The standard InChI is InChI=1S/C18H20F2N4O3S/c19-12-3-1-4-13(20)15(12)17(26)23-18-22-14(11-28-18)16(25)21-5-2-6-24-7-9-27-10-8-24/h1,3-4,11H,2,5-10H2,(H,21,25)(H,22,23,26). The van der Waals surface area contributed by atoms with Gasteiger partial charge in [0.2, 0.25) is 0 Å². The molecule has 1 aliphatic heterocycles. The minimum Gasteiger partial charge on any atom is -0.379 e. The van der Waals surface area contributed by atoms with Gasteiger partial charge in [0.15, 0.2) is 5.13 Å². The molecule has 1 aromatic heterocycles. The van der Waals surface area contributed by atoms with Crippen LogP contribution in [0.2, 0.25) is 0 Å². The molecule has 1 aliphatic rings. The molecule has 10 heteroatoms. The number of carbonyl (C=O) groups is 2. The summed E-state index contributed by atoms with van der Waals surface area (Å²) in [6.45, 7) is 4.62. The molecule has 0 saturated carbocycles. The van der Waals surface area contributed by atoms with Gasteiger partial charge in [-0.15, -0.1) is 11.3 Å². The average Bonchev–Trinajstić information content (AvgIpc) is 3.14. The topological polar surface area (TPSA) is 83.6 Å². The predicted octanol–water partition coefficient (Wildman–Crippen LogP) is 2.13. The molecule has 2 amide bonds. The SMILES string of the molecule is O=C(NCCCN1CCOCC1)c1csc(NC(=O)c2c(F)cccc2F)n1. The molecule has 0 spiro atoms. The second kappa shape index (κ2) is 9.67. The summed E-state index contributed by atoms with van der Waals surface area (Å²) in [5, 5.41) is 6.65. The Balaban J connectivity index is 1.47. The third-order valence-electron chi connectivity index (χ3n) is 4.19. The van der Waals surface area contributed by atoms with E-state index in [4.69, 9.17) is 4.74 Å². The lowest BCUT2D eigenvalue weighted by atomic mass is 10.2. The number of ether oxygens (including phenoxy) is 1. The summed E-state index contributed by atoms with van der Waals surface area (Å²) in [5.74, 6) is -3.25. The minimum atomic E-state index is -0.965. The molecule has 150 valence electrons. The van der Waals surface area contributed by atoms with Crippen LogP contribution < -0.4 is 10.6 Å². The third kappa shape index (κ3) is 5.31. The van der Waals surface area contributed by atoms with Gasteiger partial charge in [0.05, 0.1) is 13.2 Å². The van der Waals surface area contributed by atoms with Gasteiger partial charge >= 0.3 is 0 Å². The number of thiazole rings is 1. The summed E-state index contributed by atoms with van der Waals surface area (Å²) in [4.78, 5) is 30.5. The lowest BCUT2D eigenvalue weighted by Gasteiger charge is -2.26. The molecule has 0 aliphatic carbocycles. The van der Waals surface area contributed by atoms with Crippen LogP contribution in [0, 0.1) is 11.6 Å². The molecule has 1 fully saturated rings. The first-order valence-corrected chi connectivity index (χ1v) is 9.72. The number of hydrogen-bond donors (Lipinski definition) is 2. The second-order valence-electron chi connectivity index (χ2n) is 6.15. The van der Waals surface area contributed by atoms with Crippen molar-refractivity contribution in [1.82, 2.24) is 15.2 Å². The molecule has 0 unspecified atom stereocenters. The lowest BCUT2D eigenvalue weighted by molar-refractivity contribution is 0.0374. The molecule has 28 heavy (non-hydrogen) atoms. The first-order chi connectivity index (χ1) is 13.5. The van der Waals surface area contributed by atoms with Crippen molar-refractivity contribution in [2.24, 2.45) is 0 Å². The zero-order valence-corrected chi connectivity index (χ0v) is 15.9. The molecule has 1 saturated heterocycles. The van der Waals surface area contributed by atoms with Crippen LogP contribution in [0.4, 0.5) is 13.9 Å². The highest BCUT2D eigenvalue weighted by atomic mass is 32.1. The first kappa shape index (κ1) is 20.3. The first-order valence-electron chi connectivity index (χ1n) is 8.84. The van der Waals surface area contributed by atoms with Gasteiger partial charge in [0.1, 0.15) is 22.9 Å². The molecule has 0 atom stereocenters. The molecule has 7 nitrogen and oxygen atoms in total. The van der Waals surface area contributed by atoms with Crippen molar-refractivity contribution >= 4 is 28.3 Å². The van der Waals surface area contributed by atoms with E-state index >= 15 is 0 Å². The van der Waals surface area contributed by atoms with Crippen LogP contribution in [0.3, 0.4) is 0 Å². The summed E-state index contributed by atoms with van der Waals surface area (Å²) in [7, 11) is 0. The van der Waals surface area contributed by atoms with Crippen molar-refractivity contribution < 1.29 is 23.1 Å². The summed E-state index contributed by atoms with van der Waals surface area (Å²) < 4.78 is 32.6. The van der Waals surface area contributed by atoms with Crippen LogP contribution in [0.5, 0.6) is 0 Å². The molecule has 2 N–H and O–H groups in total. The molecule has 0 radical (unpaired) electrons. The van der Waals surface area contributed by atoms with Crippen molar-refractivity contribution in [3.63, 3.8) is 0 Å². The highest BCUT2D eigenvalue weighted by Crippen LogP contribution is 2.19. The number of amides is 2. The molecule has 1 aromatic carbocycles. The van der Waals surface area contributed by atoms with Crippen LogP contribution >= 0.6 is 11.3 Å². The zero-order chi connectivity index (χ0) is 19.9. The smallest absolute Gasteiger partial charge is 0.270 e. The van der Waals surface area contributed by atoms with Gasteiger partial charge in [0, 0.05) is 25.0 Å². The Hall–Kier alpha value is -2.43. The predicted molar refractivity (Wildman–Crippen MR) is 101 cm³/mol. The van der Waals surface area contributed by atoms with E-state index in [2.05, 4.69) is 20.5 Å². The number of morpholine rings is 1. The van der Waals surface area contributed by atoms with Crippen molar-refractivity contribution in [3.05, 3.63) is 46.5 Å². The van der Waals surface area contributed by atoms with Gasteiger partial charge in [-0.05, 0) is 25.1 Å². The fourth-order valence-corrected chi connectivity index (χ4v) is 3.42. The average molecular weight is 410 g/mol. The maximum absolute atomic E-state index is 13.7. The van der Waals surface area contributed by atoms with Crippen LogP contribution in [-0.4, -0.2) is 61.1 Å². The van der Waals surface area contributed by atoms with Crippen molar-refractivity contribution in [2.75, 3.05) is 44.7 Å². The molecular weight excluding hydrogens is 390 g/mol. The minimum absolute atomic E-state index is 0.0890. The zero-order valence-electron chi connectivity index (χ0n) is 15.0. The number of benzene rings is 1. The van der Waals surface area contributed by atoms with E-state index in [1.807, 2.05) is 0 Å². The monoisotopic (exact) mass is 410 g/mol. The van der Waals surface area contributed by atoms with Gasteiger partial charge in [-0.3, -0.25) is 19.8 Å². The van der Waals surface area contributed by atoms with Crippen molar-refractivity contribution in [3.8, 4) is 0 Å². The largest absolute Gasteiger partial charge is 0.379 e. The van der Waals surface area contributed by atoms with Crippen LogP contribution in [0.1, 0.15) is 27.3 Å². The van der Waals surface area contributed by atoms with E-state index in [1.54, 1.807) is 0 Å². The van der Waals surface area contributed by atoms with Gasteiger partial charge in [0.25, 0.3) is 11.8 Å². The van der Waals surface area contributed by atoms with E-state index in [0.29, 0.717) is 6.54 Å². The Morgan fingerprint density at radius 1 is 1.18 bits per heavy atom. The molecule has 2 aromatic rings. The second-order valence-corrected chi connectivity index (χ2v) is 7.01.